The summed E-state index contributed by atoms with van der Waals surface area (Å²) < 4.78 is 6.18. The first-order valence-electron chi connectivity index (χ1n) is 4.92. The van der Waals surface area contributed by atoms with Crippen LogP contribution >= 0.6 is 0 Å². The van der Waals surface area contributed by atoms with E-state index in [0.717, 1.165) is 10.3 Å². The van der Waals surface area contributed by atoms with Crippen molar-refractivity contribution in [3.05, 3.63) is 41.8 Å². The maximum absolute atomic E-state index is 11.3. The number of ketones is 1. The molecule has 82 valence electrons. The largest absolute Gasteiger partial charge is 0.430 e. The Balaban J connectivity index is 2.61. The van der Waals surface area contributed by atoms with Gasteiger partial charge in [-0.25, -0.2) is 0 Å². The van der Waals surface area contributed by atoms with Gasteiger partial charge in [0.15, 0.2) is 5.76 Å². The number of aromatic nitrogens is 1. The highest BCUT2D eigenvalue weighted by Gasteiger charge is 2.31. The average Bonchev–Trinajstić information content (AvgIpc) is 2.55. The van der Waals surface area contributed by atoms with Gasteiger partial charge in [0, 0.05) is 13.8 Å². The number of Topliss-reactive ketones (excluding diaryl/α,β-unsaturated/α-hetero) is 1. The van der Waals surface area contributed by atoms with Crippen LogP contribution in [0.1, 0.15) is 23.2 Å². The summed E-state index contributed by atoms with van der Waals surface area (Å²) in [7, 11) is 0. The second kappa shape index (κ2) is 3.81. The van der Waals surface area contributed by atoms with Crippen LogP contribution in [0, 0.1) is 6.92 Å². The van der Waals surface area contributed by atoms with Gasteiger partial charge in [-0.15, -0.1) is 0 Å². The normalized spacial score (nSPS) is 10.4. The lowest BCUT2D eigenvalue weighted by Crippen LogP contribution is -2.36. The van der Waals surface area contributed by atoms with Crippen LogP contribution in [0.2, 0.25) is 0 Å². The number of carbonyl (C=O) groups excluding carboxylic acids is 1. The predicted octanol–water partition coefficient (Wildman–Crippen LogP) is 1.98. The van der Waals surface area contributed by atoms with Crippen LogP contribution in [0.4, 0.5) is 0 Å². The summed E-state index contributed by atoms with van der Waals surface area (Å²) in [5.74, 6) is 0.447. The Morgan fingerprint density at radius 3 is 2.44 bits per heavy atom. The van der Waals surface area contributed by atoms with Gasteiger partial charge in [0.2, 0.25) is 5.78 Å². The first-order chi connectivity index (χ1) is 7.61. The topological polar surface area (TPSA) is 54.3 Å². The van der Waals surface area contributed by atoms with Crippen LogP contribution in [0.5, 0.6) is 0 Å². The zero-order valence-electron chi connectivity index (χ0n) is 9.10. The summed E-state index contributed by atoms with van der Waals surface area (Å²) in [5, 5.41) is 9.84. The molecule has 1 aromatic carbocycles. The van der Waals surface area contributed by atoms with Crippen molar-refractivity contribution >= 4 is 5.78 Å². The summed E-state index contributed by atoms with van der Waals surface area (Å²) in [6.07, 6.45) is 0. The third-order valence-corrected chi connectivity index (χ3v) is 2.34. The first-order valence-corrected chi connectivity index (χ1v) is 4.92. The number of aryl methyl sites for hydroxylation is 1. The lowest BCUT2D eigenvalue weighted by molar-refractivity contribution is -0.898. The highest BCUT2D eigenvalue weighted by molar-refractivity contribution is 5.91. The molecule has 0 radical (unpaired) electrons. The van der Waals surface area contributed by atoms with Gasteiger partial charge in [-0.3, -0.25) is 10.0 Å². The fraction of sp³-hybridized carbons (Fsp3) is 0.167. The molecule has 2 aromatic rings. The van der Waals surface area contributed by atoms with Crippen LogP contribution in [-0.4, -0.2) is 11.0 Å². The maximum atomic E-state index is 11.3. The summed E-state index contributed by atoms with van der Waals surface area (Å²) in [5.41, 5.74) is 0.902. The Bertz CT molecular complexity index is 529. The molecular weight excluding hydrogens is 206 g/mol. The molecule has 4 nitrogen and oxygen atoms in total. The fourth-order valence-electron chi connectivity index (χ4n) is 1.65. The van der Waals surface area contributed by atoms with Crippen LogP contribution in [0.3, 0.4) is 0 Å². The van der Waals surface area contributed by atoms with E-state index in [0.29, 0.717) is 5.76 Å². The van der Waals surface area contributed by atoms with Crippen molar-refractivity contribution in [1.29, 1.82) is 0 Å². The molecule has 0 saturated carbocycles. The molecule has 0 aliphatic heterocycles. The summed E-state index contributed by atoms with van der Waals surface area (Å²) >= 11 is 0. The van der Waals surface area contributed by atoms with Crippen LogP contribution < -0.4 is 4.73 Å². The van der Waals surface area contributed by atoms with E-state index in [4.69, 9.17) is 4.42 Å². The Kier molecular flexibility index (Phi) is 2.48. The van der Waals surface area contributed by atoms with Crippen molar-refractivity contribution in [3.8, 4) is 11.5 Å². The number of carbonyl (C=O) groups is 1. The molecule has 2 rings (SSSR count). The van der Waals surface area contributed by atoms with Crippen LogP contribution in [-0.2, 0) is 0 Å². The van der Waals surface area contributed by atoms with Gasteiger partial charge in [-0.05, 0) is 12.1 Å². The lowest BCUT2D eigenvalue weighted by Gasteiger charge is -1.89. The van der Waals surface area contributed by atoms with Gasteiger partial charge in [-0.1, -0.05) is 18.2 Å². The van der Waals surface area contributed by atoms with Crippen molar-refractivity contribution in [2.24, 2.45) is 0 Å². The van der Waals surface area contributed by atoms with E-state index >= 15 is 0 Å². The molecule has 1 heterocycles. The third-order valence-electron chi connectivity index (χ3n) is 2.34. The smallest absolute Gasteiger partial charge is 0.399 e. The molecule has 0 aliphatic carbocycles. The minimum Gasteiger partial charge on any atom is -0.399 e. The molecule has 0 fully saturated rings. The van der Waals surface area contributed by atoms with E-state index < -0.39 is 0 Å². The number of nitrogens with zero attached hydrogens (tertiary/aromatic N) is 1. The Labute approximate surface area is 92.7 Å². The molecule has 0 aliphatic rings. The molecule has 0 unspecified atom stereocenters. The lowest BCUT2D eigenvalue weighted by atomic mass is 10.2. The summed E-state index contributed by atoms with van der Waals surface area (Å²) in [6, 6.07) is 9.14. The molecule has 0 amide bonds. The fourth-order valence-corrected chi connectivity index (χ4v) is 1.65. The monoisotopic (exact) mass is 218 g/mol. The van der Waals surface area contributed by atoms with Crippen molar-refractivity contribution in [2.75, 3.05) is 0 Å². The minimum absolute atomic E-state index is 0.179. The van der Waals surface area contributed by atoms with Gasteiger partial charge in [0.05, 0.1) is 10.3 Å². The van der Waals surface area contributed by atoms with Crippen molar-refractivity contribution in [1.82, 2.24) is 0 Å². The third kappa shape index (κ3) is 1.58. The van der Waals surface area contributed by atoms with E-state index in [1.807, 2.05) is 18.2 Å². The molecule has 16 heavy (non-hydrogen) atoms. The number of rotatable bonds is 2. The van der Waals surface area contributed by atoms with E-state index in [2.05, 4.69) is 0 Å². The second-order valence-electron chi connectivity index (χ2n) is 3.55. The minimum atomic E-state index is -0.231. The van der Waals surface area contributed by atoms with Crippen LogP contribution in [0.15, 0.2) is 34.7 Å². The maximum Gasteiger partial charge on any atom is 0.430 e. The van der Waals surface area contributed by atoms with Crippen molar-refractivity contribution in [2.45, 2.75) is 13.8 Å². The van der Waals surface area contributed by atoms with Gasteiger partial charge in [0.25, 0.3) is 0 Å². The SMILES string of the molecule is CC(=O)c1c(C)oc(-c2ccccc2)[n+]1O. The van der Waals surface area contributed by atoms with Crippen molar-refractivity contribution < 1.29 is 19.1 Å². The highest BCUT2D eigenvalue weighted by Crippen LogP contribution is 2.19. The first kappa shape index (κ1) is 10.4. The molecule has 0 spiro atoms. The highest BCUT2D eigenvalue weighted by atomic mass is 16.5. The Morgan fingerprint density at radius 1 is 1.31 bits per heavy atom. The van der Waals surface area contributed by atoms with Gasteiger partial charge in [0.1, 0.15) is 0 Å². The average molecular weight is 218 g/mol. The molecule has 1 aromatic heterocycles. The van der Waals surface area contributed by atoms with Crippen LogP contribution in [0.25, 0.3) is 11.5 Å². The van der Waals surface area contributed by atoms with E-state index in [-0.39, 0.29) is 17.4 Å². The Morgan fingerprint density at radius 2 is 1.94 bits per heavy atom. The van der Waals surface area contributed by atoms with E-state index in [1.165, 1.54) is 6.92 Å². The Hall–Kier alpha value is -2.10. The number of oxazole rings is 1. The molecular formula is C12H12NO3+. The predicted molar refractivity (Wildman–Crippen MR) is 56.3 cm³/mol. The zero-order chi connectivity index (χ0) is 11.7. The van der Waals surface area contributed by atoms with E-state index in [1.54, 1.807) is 19.1 Å². The number of benzene rings is 1. The summed E-state index contributed by atoms with van der Waals surface area (Å²) in [4.78, 5) is 11.3. The summed E-state index contributed by atoms with van der Waals surface area (Å²) in [6.45, 7) is 3.04. The van der Waals surface area contributed by atoms with Gasteiger partial charge in [-0.2, -0.15) is 0 Å². The molecule has 4 heteroatoms. The molecule has 0 atom stereocenters. The van der Waals surface area contributed by atoms with Gasteiger partial charge < -0.3 is 4.42 Å². The molecule has 0 saturated heterocycles. The number of hydrogen-bond donors (Lipinski definition) is 1. The second-order valence-corrected chi connectivity index (χ2v) is 3.55. The quantitative estimate of drug-likeness (QED) is 0.476. The zero-order valence-corrected chi connectivity index (χ0v) is 9.10. The number of hydrogen-bond acceptors (Lipinski definition) is 3. The standard InChI is InChI=1S/C12H12NO3/c1-8(14)11-9(2)16-12(13(11)15)10-6-4-3-5-7-10/h3-7,15H,1-2H3/q+1. The molecule has 0 bridgehead atoms. The van der Waals surface area contributed by atoms with Crippen molar-refractivity contribution in [3.63, 3.8) is 0 Å². The van der Waals surface area contributed by atoms with E-state index in [9.17, 15) is 10.0 Å². The molecule has 1 N–H and O–H groups in total. The van der Waals surface area contributed by atoms with Gasteiger partial charge >= 0.3 is 11.6 Å².